The molecule has 0 fully saturated rings. The number of rotatable bonds is 3. The van der Waals surface area contributed by atoms with Gasteiger partial charge in [0.25, 0.3) is 0 Å². The van der Waals surface area contributed by atoms with E-state index in [1.54, 1.807) is 12.1 Å². The molecule has 0 aliphatic rings. The van der Waals surface area contributed by atoms with Crippen molar-refractivity contribution in [2.45, 2.75) is 0 Å². The first-order chi connectivity index (χ1) is 5.88. The van der Waals surface area contributed by atoms with Crippen LogP contribution < -0.4 is 5.48 Å². The van der Waals surface area contributed by atoms with E-state index in [-0.39, 0.29) is 0 Å². The minimum atomic E-state index is 0.415. The van der Waals surface area contributed by atoms with Gasteiger partial charge in [0, 0.05) is 11.8 Å². The van der Waals surface area contributed by atoms with Crippen LogP contribution in [0, 0.1) is 0 Å². The highest BCUT2D eigenvalue weighted by molar-refractivity contribution is 6.06. The molecule has 2 N–H and O–H groups in total. The third kappa shape index (κ3) is 1.93. The lowest BCUT2D eigenvalue weighted by Crippen LogP contribution is -1.97. The molecule has 12 heavy (non-hydrogen) atoms. The van der Waals surface area contributed by atoms with Gasteiger partial charge < -0.3 is 0 Å². The second-order valence-electron chi connectivity index (χ2n) is 2.21. The first kappa shape index (κ1) is 8.49. The first-order valence-electron chi connectivity index (χ1n) is 3.49. The maximum Gasteiger partial charge on any atom is 0.152 e. The van der Waals surface area contributed by atoms with Gasteiger partial charge in [0.1, 0.15) is 0 Å². The van der Waals surface area contributed by atoms with E-state index >= 15 is 0 Å². The third-order valence-corrected chi connectivity index (χ3v) is 1.45. The zero-order chi connectivity index (χ0) is 8.81. The second kappa shape index (κ2) is 4.31. The smallest absolute Gasteiger partial charge is 0.152 e. The Kier molecular flexibility index (Phi) is 3.04. The predicted molar refractivity (Wildman–Crippen MR) is 45.4 cm³/mol. The molecule has 0 amide bonds. The number of allylic oxidation sites excluding steroid dienone is 1. The summed E-state index contributed by atoms with van der Waals surface area (Å²) in [6.07, 6.45) is 1.92. The highest BCUT2D eigenvalue weighted by atomic mass is 16.5. The fourth-order valence-corrected chi connectivity index (χ4v) is 0.886. The van der Waals surface area contributed by atoms with Crippen LogP contribution in [0.2, 0.25) is 0 Å². The molecule has 0 saturated heterocycles. The maximum absolute atomic E-state index is 10.5. The molecule has 0 radical (unpaired) electrons. The van der Waals surface area contributed by atoms with Crippen LogP contribution in [-0.4, -0.2) is 11.5 Å². The third-order valence-electron chi connectivity index (χ3n) is 1.45. The van der Waals surface area contributed by atoms with Crippen molar-refractivity contribution in [1.82, 2.24) is 5.48 Å². The van der Waals surface area contributed by atoms with E-state index in [1.807, 2.05) is 23.7 Å². The highest BCUT2D eigenvalue weighted by Gasteiger charge is 1.96. The standard InChI is InChI=1S/C9H9NO2/c11-7-9(6-10-12)8-4-2-1-3-5-8/h1-7,10,12H/b9-6+. The van der Waals surface area contributed by atoms with Crippen molar-refractivity contribution >= 4 is 11.9 Å². The average Bonchev–Trinajstić information content (AvgIpc) is 2.15. The fourth-order valence-electron chi connectivity index (χ4n) is 0.886. The van der Waals surface area contributed by atoms with E-state index in [4.69, 9.17) is 5.21 Å². The van der Waals surface area contributed by atoms with Crippen LogP contribution in [0.15, 0.2) is 36.5 Å². The van der Waals surface area contributed by atoms with Crippen LogP contribution in [0.4, 0.5) is 0 Å². The van der Waals surface area contributed by atoms with Crippen molar-refractivity contribution in [2.75, 3.05) is 0 Å². The zero-order valence-corrected chi connectivity index (χ0v) is 6.40. The lowest BCUT2D eigenvalue weighted by molar-refractivity contribution is -0.103. The van der Waals surface area contributed by atoms with E-state index in [0.29, 0.717) is 11.9 Å². The molecule has 3 nitrogen and oxygen atoms in total. The number of benzene rings is 1. The van der Waals surface area contributed by atoms with Gasteiger partial charge in [-0.15, -0.1) is 0 Å². The Morgan fingerprint density at radius 2 is 2.00 bits per heavy atom. The Bertz CT molecular complexity index is 280. The van der Waals surface area contributed by atoms with Gasteiger partial charge in [-0.2, -0.15) is 0 Å². The zero-order valence-electron chi connectivity index (χ0n) is 6.40. The molecule has 3 heteroatoms. The summed E-state index contributed by atoms with van der Waals surface area (Å²) in [5.74, 6) is 0. The number of aldehydes is 1. The van der Waals surface area contributed by atoms with Crippen molar-refractivity contribution in [1.29, 1.82) is 0 Å². The first-order valence-corrected chi connectivity index (χ1v) is 3.49. The Morgan fingerprint density at radius 1 is 1.33 bits per heavy atom. The van der Waals surface area contributed by atoms with Crippen LogP contribution in [0.3, 0.4) is 0 Å². The molecule has 0 heterocycles. The van der Waals surface area contributed by atoms with E-state index < -0.39 is 0 Å². The molecule has 1 aromatic carbocycles. The topological polar surface area (TPSA) is 49.3 Å². The van der Waals surface area contributed by atoms with Gasteiger partial charge in [-0.25, -0.2) is 0 Å². The molecule has 1 aromatic rings. The van der Waals surface area contributed by atoms with Crippen LogP contribution in [-0.2, 0) is 4.79 Å². The average molecular weight is 163 g/mol. The molecule has 1 rings (SSSR count). The monoisotopic (exact) mass is 163 g/mol. The molecule has 0 atom stereocenters. The quantitative estimate of drug-likeness (QED) is 0.400. The molecule has 0 unspecified atom stereocenters. The number of hydrogen-bond donors (Lipinski definition) is 2. The Morgan fingerprint density at radius 3 is 2.50 bits per heavy atom. The minimum absolute atomic E-state index is 0.415. The van der Waals surface area contributed by atoms with Crippen LogP contribution in [0.5, 0.6) is 0 Å². The summed E-state index contributed by atoms with van der Waals surface area (Å²) in [5, 5.41) is 8.34. The normalized spacial score (nSPS) is 10.9. The van der Waals surface area contributed by atoms with E-state index in [9.17, 15) is 4.79 Å². The summed E-state index contributed by atoms with van der Waals surface area (Å²) >= 11 is 0. The number of hydroxylamine groups is 1. The predicted octanol–water partition coefficient (Wildman–Crippen LogP) is 1.21. The number of carbonyl (C=O) groups is 1. The van der Waals surface area contributed by atoms with E-state index in [0.717, 1.165) is 5.56 Å². The summed E-state index contributed by atoms with van der Waals surface area (Å²) in [6.45, 7) is 0. The summed E-state index contributed by atoms with van der Waals surface area (Å²) in [5.41, 5.74) is 3.01. The van der Waals surface area contributed by atoms with Crippen molar-refractivity contribution in [3.63, 3.8) is 0 Å². The molecular formula is C9H9NO2. The Hall–Kier alpha value is -1.61. The van der Waals surface area contributed by atoms with Crippen LogP contribution in [0.1, 0.15) is 5.56 Å². The van der Waals surface area contributed by atoms with E-state index in [1.165, 1.54) is 6.20 Å². The number of hydrogen-bond acceptors (Lipinski definition) is 3. The number of carbonyl (C=O) groups excluding carboxylic acids is 1. The van der Waals surface area contributed by atoms with Crippen LogP contribution >= 0.6 is 0 Å². The molecular weight excluding hydrogens is 154 g/mol. The molecule has 0 bridgehead atoms. The summed E-state index contributed by atoms with van der Waals surface area (Å²) in [6, 6.07) is 9.08. The Labute approximate surface area is 70.3 Å². The van der Waals surface area contributed by atoms with Gasteiger partial charge in [-0.3, -0.25) is 15.5 Å². The van der Waals surface area contributed by atoms with Crippen molar-refractivity contribution in [3.8, 4) is 0 Å². The molecule has 62 valence electrons. The maximum atomic E-state index is 10.5. The van der Waals surface area contributed by atoms with Crippen LogP contribution in [0.25, 0.3) is 5.57 Å². The van der Waals surface area contributed by atoms with Crippen molar-refractivity contribution < 1.29 is 10.0 Å². The Balaban J connectivity index is 2.96. The molecule has 0 aliphatic heterocycles. The molecule has 0 aromatic heterocycles. The van der Waals surface area contributed by atoms with Gasteiger partial charge in [0.05, 0.1) is 0 Å². The highest BCUT2D eigenvalue weighted by Crippen LogP contribution is 2.09. The summed E-state index contributed by atoms with van der Waals surface area (Å²) in [7, 11) is 0. The van der Waals surface area contributed by atoms with E-state index in [2.05, 4.69) is 0 Å². The summed E-state index contributed by atoms with van der Waals surface area (Å²) < 4.78 is 0. The largest absolute Gasteiger partial charge is 0.298 e. The second-order valence-corrected chi connectivity index (χ2v) is 2.21. The minimum Gasteiger partial charge on any atom is -0.298 e. The lowest BCUT2D eigenvalue weighted by atomic mass is 10.1. The van der Waals surface area contributed by atoms with Gasteiger partial charge in [-0.05, 0) is 5.56 Å². The molecule has 0 aliphatic carbocycles. The van der Waals surface area contributed by atoms with Gasteiger partial charge in [0.15, 0.2) is 6.29 Å². The molecule has 0 saturated carbocycles. The number of nitrogens with one attached hydrogen (secondary N) is 1. The lowest BCUT2D eigenvalue weighted by Gasteiger charge is -1.97. The SMILES string of the molecule is O=C/C(=C\NO)c1ccccc1. The summed E-state index contributed by atoms with van der Waals surface area (Å²) in [4.78, 5) is 10.5. The van der Waals surface area contributed by atoms with Crippen molar-refractivity contribution in [2.24, 2.45) is 0 Å². The van der Waals surface area contributed by atoms with Gasteiger partial charge >= 0.3 is 0 Å². The van der Waals surface area contributed by atoms with Gasteiger partial charge in [-0.1, -0.05) is 30.3 Å². The van der Waals surface area contributed by atoms with Gasteiger partial charge in [0.2, 0.25) is 0 Å². The fraction of sp³-hybridized carbons (Fsp3) is 0. The molecule has 0 spiro atoms. The van der Waals surface area contributed by atoms with Crippen molar-refractivity contribution in [3.05, 3.63) is 42.1 Å².